The van der Waals surface area contributed by atoms with Gasteiger partial charge in [0.25, 0.3) is 5.91 Å². The number of aliphatic hydroxyl groups excluding tert-OH is 1. The predicted molar refractivity (Wildman–Crippen MR) is 201 cm³/mol. The minimum Gasteiger partial charge on any atom is -0.376 e. The summed E-state index contributed by atoms with van der Waals surface area (Å²) in [5.74, 6) is -1.90. The Balaban J connectivity index is 1.37. The number of carbonyl (C=O) groups excluding carboxylic acids is 4. The summed E-state index contributed by atoms with van der Waals surface area (Å²) in [6.45, 7) is 17.5. The smallest absolute Gasteiger partial charge is 0.289 e. The third-order valence-corrected chi connectivity index (χ3v) is 16.8. The summed E-state index contributed by atoms with van der Waals surface area (Å²) in [4.78, 5) is 56.5. The molecule has 13 heteroatoms. The van der Waals surface area contributed by atoms with Crippen LogP contribution in [0.3, 0.4) is 0 Å². The van der Waals surface area contributed by atoms with Crippen molar-refractivity contribution in [3.63, 3.8) is 0 Å². The third-order valence-electron chi connectivity index (χ3n) is 14.0. The largest absolute Gasteiger partial charge is 0.376 e. The number of hydrogen-bond acceptors (Lipinski definition) is 9. The molecule has 0 aromatic rings. The maximum Gasteiger partial charge on any atom is 0.289 e. The van der Waals surface area contributed by atoms with E-state index in [2.05, 4.69) is 48.6 Å². The highest BCUT2D eigenvalue weighted by atomic mass is 32.2. The van der Waals surface area contributed by atoms with Crippen molar-refractivity contribution in [1.82, 2.24) is 26.2 Å². The fourth-order valence-corrected chi connectivity index (χ4v) is 12.1. The number of ketones is 1. The van der Waals surface area contributed by atoms with Crippen molar-refractivity contribution in [1.29, 1.82) is 0 Å². The van der Waals surface area contributed by atoms with Crippen molar-refractivity contribution in [3.8, 4) is 0 Å². The molecule has 4 aliphatic carbocycles. The van der Waals surface area contributed by atoms with Gasteiger partial charge in [-0.3, -0.25) is 24.5 Å². The molecule has 1 spiro atoms. The molecule has 5 rings (SSSR count). The van der Waals surface area contributed by atoms with Crippen LogP contribution in [0.4, 0.5) is 0 Å². The number of piperidine rings is 2. The predicted octanol–water partition coefficient (Wildman–Crippen LogP) is 3.13. The Morgan fingerprint density at radius 1 is 1.00 bits per heavy atom. The lowest BCUT2D eigenvalue weighted by atomic mass is 9.79. The summed E-state index contributed by atoms with van der Waals surface area (Å²) in [7, 11) is -3.46. The number of sulfone groups is 1. The highest BCUT2D eigenvalue weighted by Gasteiger charge is 2.97. The van der Waals surface area contributed by atoms with E-state index in [0.717, 1.165) is 44.9 Å². The molecule has 52 heavy (non-hydrogen) atoms. The van der Waals surface area contributed by atoms with Gasteiger partial charge in [0.1, 0.15) is 12.3 Å². The number of aliphatic hydroxyl groups is 1. The molecule has 1 heterocycles. The lowest BCUT2D eigenvalue weighted by molar-refractivity contribution is -0.147. The Hall–Kier alpha value is -2.35. The fourth-order valence-electron chi connectivity index (χ4n) is 10.5. The fraction of sp³-hybridized carbons (Fsp3) is 0.846. The molecule has 294 valence electrons. The second kappa shape index (κ2) is 14.4. The van der Waals surface area contributed by atoms with Crippen LogP contribution in [0.2, 0.25) is 0 Å². The highest BCUT2D eigenvalue weighted by molar-refractivity contribution is 7.92. The van der Waals surface area contributed by atoms with Crippen LogP contribution in [0, 0.1) is 22.2 Å². The molecule has 12 nitrogen and oxygen atoms in total. The summed E-state index contributed by atoms with van der Waals surface area (Å²) >= 11 is 0. The normalized spacial score (nSPS) is 29.9. The highest BCUT2D eigenvalue weighted by Crippen LogP contribution is 2.92. The second-order valence-electron chi connectivity index (χ2n) is 18.5. The molecule has 5 unspecified atom stereocenters. The van der Waals surface area contributed by atoms with Crippen LogP contribution >= 0.6 is 0 Å². The Kier molecular flexibility index (Phi) is 11.3. The molecule has 6 atom stereocenters. The van der Waals surface area contributed by atoms with Gasteiger partial charge in [-0.1, -0.05) is 72.3 Å². The average Bonchev–Trinajstić information content (AvgIpc) is 3.70. The monoisotopic (exact) mass is 747 g/mol. The Bertz CT molecular complexity index is 1530. The molecule has 3 amide bonds. The zero-order valence-electron chi connectivity index (χ0n) is 32.7. The Labute approximate surface area is 311 Å². The number of nitrogens with one attached hydrogen (secondary N) is 4. The maximum absolute atomic E-state index is 15.0. The lowest BCUT2D eigenvalue weighted by Crippen LogP contribution is -2.64. The van der Waals surface area contributed by atoms with E-state index in [0.29, 0.717) is 38.6 Å². The average molecular weight is 748 g/mol. The van der Waals surface area contributed by atoms with Crippen LogP contribution in [0.15, 0.2) is 12.7 Å². The number of hydrogen-bond donors (Lipinski definition) is 5. The summed E-state index contributed by atoms with van der Waals surface area (Å²) < 4.78 is 25.8. The van der Waals surface area contributed by atoms with Crippen LogP contribution in [0.25, 0.3) is 0 Å². The number of rotatable bonds is 17. The summed E-state index contributed by atoms with van der Waals surface area (Å²) in [6, 6.07) is -1.78. The van der Waals surface area contributed by atoms with Crippen molar-refractivity contribution < 1.29 is 32.7 Å². The number of carbonyl (C=O) groups is 4. The van der Waals surface area contributed by atoms with Gasteiger partial charge in [0.15, 0.2) is 9.84 Å². The molecule has 1 saturated heterocycles. The molecule has 5 aliphatic rings. The number of Topliss-reactive ketones (excluding diaryl/α,β-unsaturated/α-hetero) is 1. The van der Waals surface area contributed by atoms with Crippen molar-refractivity contribution in [2.45, 2.75) is 160 Å². The van der Waals surface area contributed by atoms with Crippen LogP contribution in [-0.2, 0) is 29.0 Å². The number of amides is 3. The van der Waals surface area contributed by atoms with Gasteiger partial charge in [0, 0.05) is 24.0 Å². The van der Waals surface area contributed by atoms with Crippen LogP contribution < -0.4 is 21.3 Å². The van der Waals surface area contributed by atoms with E-state index >= 15 is 0 Å². The SMILES string of the molecule is C=CCNC(=O)C(=O)C(CCC)NC(O)C12CC13C(CN2C(=O)[C@@H](NC(=O)CNC1(CS(=O)(=O)C(C)(C)C)CCCCC1)C1(C)CCCC1)C3(C)C. The van der Waals surface area contributed by atoms with E-state index in [1.54, 1.807) is 25.7 Å². The topological polar surface area (TPSA) is 174 Å². The third kappa shape index (κ3) is 6.89. The van der Waals surface area contributed by atoms with E-state index in [9.17, 15) is 32.7 Å². The minimum atomic E-state index is -3.46. The summed E-state index contributed by atoms with van der Waals surface area (Å²) in [5.41, 5.74) is -2.65. The molecular formula is C39H65N5O7S. The molecule has 0 bridgehead atoms. The summed E-state index contributed by atoms with van der Waals surface area (Å²) in [6.07, 6.45) is 9.24. The van der Waals surface area contributed by atoms with Crippen molar-refractivity contribution in [2.75, 3.05) is 25.4 Å². The molecule has 0 aromatic carbocycles. The second-order valence-corrected chi connectivity index (χ2v) is 21.2. The minimum absolute atomic E-state index is 0.0469. The first-order valence-corrected chi connectivity index (χ1v) is 21.3. The van der Waals surface area contributed by atoms with Gasteiger partial charge in [-0.05, 0) is 76.0 Å². The number of nitrogens with zero attached hydrogens (tertiary/aromatic N) is 1. The van der Waals surface area contributed by atoms with Crippen LogP contribution in [0.5, 0.6) is 0 Å². The van der Waals surface area contributed by atoms with Crippen LogP contribution in [0.1, 0.15) is 126 Å². The number of likely N-dealkylation sites (tertiary alicyclic amines) is 1. The van der Waals surface area contributed by atoms with Gasteiger partial charge < -0.3 is 26.0 Å². The van der Waals surface area contributed by atoms with Crippen LogP contribution in [-0.4, -0.2) is 101 Å². The Morgan fingerprint density at radius 2 is 1.62 bits per heavy atom. The van der Waals surface area contributed by atoms with E-state index in [1.807, 2.05) is 6.92 Å². The van der Waals surface area contributed by atoms with E-state index in [1.165, 1.54) is 6.08 Å². The Morgan fingerprint density at radius 3 is 2.17 bits per heavy atom. The van der Waals surface area contributed by atoms with Gasteiger partial charge in [-0.15, -0.1) is 6.58 Å². The van der Waals surface area contributed by atoms with Gasteiger partial charge >= 0.3 is 0 Å². The van der Waals surface area contributed by atoms with E-state index in [4.69, 9.17) is 0 Å². The van der Waals surface area contributed by atoms with E-state index < -0.39 is 61.1 Å². The maximum atomic E-state index is 15.0. The summed E-state index contributed by atoms with van der Waals surface area (Å²) in [5, 5.41) is 24.2. The molecule has 1 aliphatic heterocycles. The molecule has 0 radical (unpaired) electrons. The zero-order chi connectivity index (χ0) is 38.5. The van der Waals surface area contributed by atoms with Gasteiger partial charge in [0.2, 0.25) is 17.6 Å². The quantitative estimate of drug-likeness (QED) is 0.0852. The van der Waals surface area contributed by atoms with E-state index in [-0.39, 0.29) is 47.4 Å². The zero-order valence-corrected chi connectivity index (χ0v) is 33.5. The molecule has 4 saturated carbocycles. The molecular weight excluding hydrogens is 683 g/mol. The van der Waals surface area contributed by atoms with Gasteiger partial charge in [0.05, 0.1) is 28.6 Å². The first-order chi connectivity index (χ1) is 24.2. The lowest BCUT2D eigenvalue weighted by Gasteiger charge is -2.43. The molecule has 5 N–H and O–H groups in total. The van der Waals surface area contributed by atoms with Crippen molar-refractivity contribution in [3.05, 3.63) is 12.7 Å². The standard InChI is InChI=1S/C39H65N5O7S/c1-9-16-26(29(46)31(47)40-21-10-2)42-33(49)39-24-38(39)27(35(38,6)7)23-44(39)32(48)30(36(8)17-14-15-18-36)43-28(45)22-41-37(19-12-11-13-20-37)25-52(50,51)34(3,4)5/h10,26-27,30,33,41-42,49H,2,9,11-25H2,1,3-8H3,(H,40,47)(H,43,45)/t26?,27?,30-,33?,38?,39?/m1/s1. The molecule has 0 aromatic heterocycles. The first kappa shape index (κ1) is 40.8. The van der Waals surface area contributed by atoms with Gasteiger partial charge in [-0.2, -0.15) is 0 Å². The first-order valence-electron chi connectivity index (χ1n) is 19.6. The van der Waals surface area contributed by atoms with Crippen molar-refractivity contribution >= 4 is 33.3 Å². The molecule has 5 fully saturated rings. The van der Waals surface area contributed by atoms with Crippen molar-refractivity contribution in [2.24, 2.45) is 22.2 Å². The van der Waals surface area contributed by atoms with Gasteiger partial charge in [-0.25, -0.2) is 8.42 Å².